The van der Waals surface area contributed by atoms with E-state index in [1.165, 1.54) is 24.0 Å². The summed E-state index contributed by atoms with van der Waals surface area (Å²) in [6.07, 6.45) is 2.62. The fourth-order valence-electron chi connectivity index (χ4n) is 4.35. The van der Waals surface area contributed by atoms with E-state index in [1.54, 1.807) is 0 Å². The van der Waals surface area contributed by atoms with Crippen LogP contribution in [0, 0.1) is 11.3 Å². The molecule has 0 nitrogen and oxygen atoms in total. The van der Waals surface area contributed by atoms with Crippen LogP contribution >= 0.6 is 0 Å². The van der Waals surface area contributed by atoms with Crippen LogP contribution in [0.5, 0.6) is 0 Å². The number of hydrogen-bond acceptors (Lipinski definition) is 0. The number of hydrogen-bond donors (Lipinski definition) is 0. The molecule has 0 N–H and O–H groups in total. The van der Waals surface area contributed by atoms with E-state index in [1.807, 2.05) is 0 Å². The van der Waals surface area contributed by atoms with E-state index < -0.39 is 0 Å². The van der Waals surface area contributed by atoms with Gasteiger partial charge in [-0.05, 0) is 47.1 Å². The van der Waals surface area contributed by atoms with Gasteiger partial charge in [0.05, 0.1) is 0 Å². The minimum Gasteiger partial charge on any atom is -0.0622 e. The molecular formula is C21H26. The highest BCUT2D eigenvalue weighted by Crippen LogP contribution is 2.55. The second-order valence-electron chi connectivity index (χ2n) is 7.50. The largest absolute Gasteiger partial charge is 0.0622 e. The summed E-state index contributed by atoms with van der Waals surface area (Å²) in [5, 5.41) is 0. The lowest BCUT2D eigenvalue weighted by Gasteiger charge is -2.37. The summed E-state index contributed by atoms with van der Waals surface area (Å²) < 4.78 is 0. The molecule has 2 atom stereocenters. The van der Waals surface area contributed by atoms with Gasteiger partial charge in [0.25, 0.3) is 0 Å². The van der Waals surface area contributed by atoms with E-state index in [2.05, 4.69) is 81.4 Å². The number of rotatable bonds is 2. The Bertz CT molecular complexity index is 514. The van der Waals surface area contributed by atoms with Gasteiger partial charge in [-0.15, -0.1) is 0 Å². The lowest BCUT2D eigenvalue weighted by Crippen LogP contribution is -2.27. The van der Waals surface area contributed by atoms with Crippen molar-refractivity contribution in [2.45, 2.75) is 45.4 Å². The first-order valence-corrected chi connectivity index (χ1v) is 8.17. The minimum atomic E-state index is 0.331. The van der Waals surface area contributed by atoms with Crippen LogP contribution in [0.3, 0.4) is 0 Å². The first-order chi connectivity index (χ1) is 10.1. The van der Waals surface area contributed by atoms with Gasteiger partial charge in [0, 0.05) is 0 Å². The maximum atomic E-state index is 2.41. The second kappa shape index (κ2) is 5.67. The van der Waals surface area contributed by atoms with Crippen molar-refractivity contribution in [1.82, 2.24) is 0 Å². The molecule has 0 aromatic heterocycles. The van der Waals surface area contributed by atoms with Crippen LogP contribution in [0.1, 0.15) is 56.6 Å². The molecule has 0 heteroatoms. The molecule has 1 aliphatic carbocycles. The Balaban J connectivity index is 1.97. The Hall–Kier alpha value is -1.56. The van der Waals surface area contributed by atoms with E-state index in [-0.39, 0.29) is 0 Å². The predicted molar refractivity (Wildman–Crippen MR) is 90.5 cm³/mol. The van der Waals surface area contributed by atoms with Gasteiger partial charge in [0.15, 0.2) is 0 Å². The van der Waals surface area contributed by atoms with Crippen molar-refractivity contribution >= 4 is 0 Å². The van der Waals surface area contributed by atoms with Crippen LogP contribution in [-0.4, -0.2) is 0 Å². The van der Waals surface area contributed by atoms with Gasteiger partial charge in [-0.1, -0.05) is 81.4 Å². The van der Waals surface area contributed by atoms with Crippen molar-refractivity contribution in [3.8, 4) is 0 Å². The molecule has 0 bridgehead atoms. The van der Waals surface area contributed by atoms with Crippen LogP contribution in [0.2, 0.25) is 0 Å². The van der Waals surface area contributed by atoms with E-state index in [4.69, 9.17) is 0 Å². The molecular weight excluding hydrogens is 252 g/mol. The molecule has 0 aliphatic heterocycles. The Labute approximate surface area is 129 Å². The normalized spacial score (nSPS) is 26.0. The first-order valence-electron chi connectivity index (χ1n) is 8.17. The van der Waals surface area contributed by atoms with E-state index >= 15 is 0 Å². The maximum absolute atomic E-state index is 2.41. The molecule has 0 amide bonds. The summed E-state index contributed by atoms with van der Waals surface area (Å²) in [6.45, 7) is 7.23. The van der Waals surface area contributed by atoms with Crippen LogP contribution in [0.4, 0.5) is 0 Å². The topological polar surface area (TPSA) is 0 Å². The molecule has 2 aromatic carbocycles. The standard InChI is InChI=1S/C21H26/c1-21(2,3)20-18(16-10-6-4-7-11-16)14-15-19(20)17-12-8-5-9-13-17/h4-13,18-20H,14-15H2,1-3H3. The summed E-state index contributed by atoms with van der Waals surface area (Å²) in [6, 6.07) is 22.3. The Morgan fingerprint density at radius 2 is 1.05 bits per heavy atom. The average Bonchev–Trinajstić information content (AvgIpc) is 2.94. The van der Waals surface area contributed by atoms with E-state index in [9.17, 15) is 0 Å². The van der Waals surface area contributed by atoms with Crippen molar-refractivity contribution in [3.63, 3.8) is 0 Å². The third kappa shape index (κ3) is 2.90. The molecule has 0 spiro atoms. The molecule has 0 heterocycles. The molecule has 1 saturated carbocycles. The van der Waals surface area contributed by atoms with Gasteiger partial charge in [-0.2, -0.15) is 0 Å². The second-order valence-corrected chi connectivity index (χ2v) is 7.50. The van der Waals surface area contributed by atoms with Crippen molar-refractivity contribution < 1.29 is 0 Å². The van der Waals surface area contributed by atoms with E-state index in [0.717, 1.165) is 0 Å². The highest BCUT2D eigenvalue weighted by Gasteiger charge is 2.43. The van der Waals surface area contributed by atoms with Crippen LogP contribution in [0.15, 0.2) is 60.7 Å². The third-order valence-electron chi connectivity index (χ3n) is 5.11. The molecule has 1 aliphatic rings. The zero-order chi connectivity index (χ0) is 14.9. The van der Waals surface area contributed by atoms with Crippen molar-refractivity contribution in [3.05, 3.63) is 71.8 Å². The molecule has 1 fully saturated rings. The zero-order valence-electron chi connectivity index (χ0n) is 13.4. The van der Waals surface area contributed by atoms with Gasteiger partial charge >= 0.3 is 0 Å². The van der Waals surface area contributed by atoms with Gasteiger partial charge in [-0.25, -0.2) is 0 Å². The highest BCUT2D eigenvalue weighted by atomic mass is 14.5. The molecule has 0 saturated heterocycles. The van der Waals surface area contributed by atoms with Crippen molar-refractivity contribution in [1.29, 1.82) is 0 Å². The lowest BCUT2D eigenvalue weighted by atomic mass is 9.67. The Kier molecular flexibility index (Phi) is 3.89. The first kappa shape index (κ1) is 14.4. The van der Waals surface area contributed by atoms with E-state index in [0.29, 0.717) is 23.2 Å². The Morgan fingerprint density at radius 3 is 1.38 bits per heavy atom. The maximum Gasteiger partial charge on any atom is -0.0123 e. The smallest absolute Gasteiger partial charge is 0.0123 e. The third-order valence-corrected chi connectivity index (χ3v) is 5.11. The van der Waals surface area contributed by atoms with Crippen LogP contribution in [0.25, 0.3) is 0 Å². The molecule has 3 rings (SSSR count). The minimum absolute atomic E-state index is 0.331. The fraction of sp³-hybridized carbons (Fsp3) is 0.429. The molecule has 110 valence electrons. The monoisotopic (exact) mass is 278 g/mol. The summed E-state index contributed by atoms with van der Waals surface area (Å²) in [7, 11) is 0. The van der Waals surface area contributed by atoms with Crippen LogP contribution < -0.4 is 0 Å². The summed E-state index contributed by atoms with van der Waals surface area (Å²) in [5.74, 6) is 2.09. The summed E-state index contributed by atoms with van der Waals surface area (Å²) in [4.78, 5) is 0. The molecule has 0 radical (unpaired) electrons. The predicted octanol–water partition coefficient (Wildman–Crippen LogP) is 6.01. The quantitative estimate of drug-likeness (QED) is 0.631. The van der Waals surface area contributed by atoms with Gasteiger partial charge in [0.1, 0.15) is 0 Å². The van der Waals surface area contributed by atoms with Gasteiger partial charge in [-0.3, -0.25) is 0 Å². The fourth-order valence-corrected chi connectivity index (χ4v) is 4.35. The van der Waals surface area contributed by atoms with Crippen molar-refractivity contribution in [2.24, 2.45) is 11.3 Å². The van der Waals surface area contributed by atoms with Gasteiger partial charge < -0.3 is 0 Å². The van der Waals surface area contributed by atoms with Gasteiger partial charge in [0.2, 0.25) is 0 Å². The lowest BCUT2D eigenvalue weighted by molar-refractivity contribution is 0.202. The SMILES string of the molecule is CC(C)(C)C1C(c2ccccc2)CCC1c1ccccc1. The highest BCUT2D eigenvalue weighted by molar-refractivity contribution is 5.29. The number of benzene rings is 2. The molecule has 2 aromatic rings. The summed E-state index contributed by atoms with van der Waals surface area (Å²) >= 11 is 0. The average molecular weight is 278 g/mol. The zero-order valence-corrected chi connectivity index (χ0v) is 13.4. The Morgan fingerprint density at radius 1 is 0.667 bits per heavy atom. The van der Waals surface area contributed by atoms with Crippen molar-refractivity contribution in [2.75, 3.05) is 0 Å². The van der Waals surface area contributed by atoms with Crippen LogP contribution in [-0.2, 0) is 0 Å². The molecule has 21 heavy (non-hydrogen) atoms. The summed E-state index contributed by atoms with van der Waals surface area (Å²) in [5.41, 5.74) is 3.38. The molecule has 2 unspecified atom stereocenters.